The Morgan fingerprint density at radius 1 is 1.42 bits per heavy atom. The van der Waals surface area contributed by atoms with Crippen LogP contribution in [0, 0.1) is 17.2 Å². The molecule has 1 heterocycles. The van der Waals surface area contributed by atoms with Gasteiger partial charge in [0.2, 0.25) is 5.91 Å². The first-order valence-corrected chi connectivity index (χ1v) is 8.51. The summed E-state index contributed by atoms with van der Waals surface area (Å²) in [6, 6.07) is 10.2. The van der Waals surface area contributed by atoms with Crippen LogP contribution in [0.15, 0.2) is 24.3 Å². The largest absolute Gasteiger partial charge is 0.496 e. The summed E-state index contributed by atoms with van der Waals surface area (Å²) in [4.78, 5) is 14.6. The number of ether oxygens (including phenoxy) is 1. The molecule has 5 heteroatoms. The van der Waals surface area contributed by atoms with Crippen molar-refractivity contribution in [3.8, 4) is 11.8 Å². The lowest BCUT2D eigenvalue weighted by Gasteiger charge is -2.36. The Kier molecular flexibility index (Phi) is 6.22. The van der Waals surface area contributed by atoms with Gasteiger partial charge in [-0.15, -0.1) is 0 Å². The van der Waals surface area contributed by atoms with Crippen LogP contribution in [0.3, 0.4) is 0 Å². The van der Waals surface area contributed by atoms with Gasteiger partial charge >= 0.3 is 0 Å². The quantitative estimate of drug-likeness (QED) is 0.870. The van der Waals surface area contributed by atoms with Gasteiger partial charge in [-0.2, -0.15) is 5.26 Å². The number of carbonyl (C=O) groups is 1. The summed E-state index contributed by atoms with van der Waals surface area (Å²) < 4.78 is 5.37. The molecule has 0 bridgehead atoms. The van der Waals surface area contributed by atoms with Crippen LogP contribution in [-0.4, -0.2) is 43.6 Å². The highest BCUT2D eigenvalue weighted by Gasteiger charge is 2.35. The van der Waals surface area contributed by atoms with Crippen LogP contribution < -0.4 is 10.1 Å². The van der Waals surface area contributed by atoms with E-state index in [1.807, 2.05) is 31.3 Å². The lowest BCUT2D eigenvalue weighted by molar-refractivity contribution is -0.123. The first-order valence-electron chi connectivity index (χ1n) is 8.51. The Hall–Kier alpha value is -2.06. The molecule has 0 radical (unpaired) electrons. The van der Waals surface area contributed by atoms with Crippen molar-refractivity contribution in [2.45, 2.75) is 38.1 Å². The van der Waals surface area contributed by atoms with E-state index in [1.165, 1.54) is 0 Å². The molecule has 1 aromatic carbocycles. The maximum Gasteiger partial charge on any atom is 0.221 e. The van der Waals surface area contributed by atoms with E-state index in [0.717, 1.165) is 30.8 Å². The topological polar surface area (TPSA) is 65.4 Å². The van der Waals surface area contributed by atoms with Gasteiger partial charge in [0.05, 0.1) is 13.2 Å². The average molecular weight is 329 g/mol. The normalized spacial score (nSPS) is 18.4. The zero-order valence-corrected chi connectivity index (χ0v) is 14.8. The molecule has 2 rings (SSSR count). The molecule has 24 heavy (non-hydrogen) atoms. The Balaban J connectivity index is 1.90. The number of rotatable bonds is 6. The summed E-state index contributed by atoms with van der Waals surface area (Å²) >= 11 is 0. The van der Waals surface area contributed by atoms with Crippen LogP contribution in [0.2, 0.25) is 0 Å². The third-order valence-corrected chi connectivity index (χ3v) is 4.73. The predicted octanol–water partition coefficient (Wildman–Crippen LogP) is 2.37. The first-order chi connectivity index (χ1) is 11.5. The number of amides is 1. The van der Waals surface area contributed by atoms with E-state index >= 15 is 0 Å². The summed E-state index contributed by atoms with van der Waals surface area (Å²) in [7, 11) is 3.70. The number of likely N-dealkylation sites (tertiary alicyclic amines) is 1. The molecule has 0 unspecified atom stereocenters. The number of hydrogen-bond donors (Lipinski definition) is 1. The number of carbonyl (C=O) groups excluding carboxylic acids is 1. The Morgan fingerprint density at radius 3 is 2.71 bits per heavy atom. The second-order valence-corrected chi connectivity index (χ2v) is 6.87. The van der Waals surface area contributed by atoms with Crippen molar-refractivity contribution < 1.29 is 9.53 Å². The highest BCUT2D eigenvalue weighted by Crippen LogP contribution is 2.24. The fraction of sp³-hybridized carbons (Fsp3) is 0.579. The fourth-order valence-electron chi connectivity index (χ4n) is 3.22. The van der Waals surface area contributed by atoms with Gasteiger partial charge in [-0.1, -0.05) is 25.1 Å². The van der Waals surface area contributed by atoms with Crippen molar-refractivity contribution >= 4 is 5.91 Å². The van der Waals surface area contributed by atoms with Gasteiger partial charge in [0.15, 0.2) is 0 Å². The van der Waals surface area contributed by atoms with Gasteiger partial charge in [-0.3, -0.25) is 4.79 Å². The molecule has 1 N–H and O–H groups in total. The Morgan fingerprint density at radius 2 is 2.08 bits per heavy atom. The molecule has 130 valence electrons. The van der Waals surface area contributed by atoms with Crippen LogP contribution in [-0.2, 0) is 11.2 Å². The molecule has 0 saturated carbocycles. The SMILES string of the molecule is COc1ccccc1C[C@H](C)CC(=O)NC1(C#N)CCN(C)CC1. The molecule has 1 aliphatic rings. The van der Waals surface area contributed by atoms with Crippen LogP contribution in [0.1, 0.15) is 31.7 Å². The third-order valence-electron chi connectivity index (χ3n) is 4.73. The molecule has 1 aromatic rings. The molecule has 5 nitrogen and oxygen atoms in total. The van der Waals surface area contributed by atoms with Gasteiger partial charge in [0.1, 0.15) is 11.3 Å². The minimum Gasteiger partial charge on any atom is -0.496 e. The Bertz CT molecular complexity index is 601. The first kappa shape index (κ1) is 18.3. The summed E-state index contributed by atoms with van der Waals surface area (Å²) in [6.45, 7) is 3.73. The van der Waals surface area contributed by atoms with E-state index in [0.29, 0.717) is 19.3 Å². The molecule has 1 amide bonds. The molecule has 1 saturated heterocycles. The number of nitriles is 1. The van der Waals surface area contributed by atoms with Gasteiger partial charge in [-0.25, -0.2) is 0 Å². The smallest absolute Gasteiger partial charge is 0.221 e. The summed E-state index contributed by atoms with van der Waals surface area (Å²) in [6.07, 6.45) is 2.57. The molecule has 0 spiro atoms. The van der Waals surface area contributed by atoms with Crippen LogP contribution in [0.4, 0.5) is 0 Å². The van der Waals surface area contributed by atoms with E-state index in [9.17, 15) is 10.1 Å². The molecule has 0 aromatic heterocycles. The number of hydrogen-bond acceptors (Lipinski definition) is 4. The second-order valence-electron chi connectivity index (χ2n) is 6.87. The van der Waals surface area contributed by atoms with Gasteiger partial charge in [0, 0.05) is 19.5 Å². The fourth-order valence-corrected chi connectivity index (χ4v) is 3.22. The summed E-state index contributed by atoms with van der Waals surface area (Å²) in [5.41, 5.74) is 0.405. The van der Waals surface area contributed by atoms with E-state index < -0.39 is 5.54 Å². The zero-order chi connectivity index (χ0) is 17.6. The number of nitrogens with zero attached hydrogens (tertiary/aromatic N) is 2. The van der Waals surface area contributed by atoms with Gasteiger partial charge in [0.25, 0.3) is 0 Å². The summed E-state index contributed by atoms with van der Waals surface area (Å²) in [5.74, 6) is 1.00. The Labute approximate surface area is 144 Å². The third kappa shape index (κ3) is 4.72. The van der Waals surface area contributed by atoms with E-state index in [2.05, 4.69) is 23.2 Å². The molecule has 1 aliphatic heterocycles. The van der Waals surface area contributed by atoms with Gasteiger partial charge < -0.3 is 15.0 Å². The number of benzene rings is 1. The minimum absolute atomic E-state index is 0.0384. The highest BCUT2D eigenvalue weighted by molar-refractivity contribution is 5.77. The van der Waals surface area contributed by atoms with E-state index in [4.69, 9.17) is 4.74 Å². The number of para-hydroxylation sites is 1. The minimum atomic E-state index is -0.701. The maximum atomic E-state index is 12.4. The molecular formula is C19H27N3O2. The standard InChI is InChI=1S/C19H27N3O2/c1-15(12-16-6-4-5-7-17(16)24-3)13-18(23)21-19(14-20)8-10-22(2)11-9-19/h4-7,15H,8-13H2,1-3H3,(H,21,23)/t15-/m0/s1. The average Bonchev–Trinajstić information content (AvgIpc) is 2.57. The van der Waals surface area contributed by atoms with Crippen LogP contribution >= 0.6 is 0 Å². The molecular weight excluding hydrogens is 302 g/mol. The van der Waals surface area contributed by atoms with Crippen molar-refractivity contribution in [1.29, 1.82) is 5.26 Å². The van der Waals surface area contributed by atoms with E-state index in [-0.39, 0.29) is 11.8 Å². The molecule has 0 aliphatic carbocycles. The van der Waals surface area contributed by atoms with Crippen LogP contribution in [0.25, 0.3) is 0 Å². The predicted molar refractivity (Wildman–Crippen MR) is 93.7 cm³/mol. The van der Waals surface area contributed by atoms with Crippen LogP contribution in [0.5, 0.6) is 5.75 Å². The second kappa shape index (κ2) is 8.16. The number of piperidine rings is 1. The number of methoxy groups -OCH3 is 1. The monoisotopic (exact) mass is 329 g/mol. The van der Waals surface area contributed by atoms with Crippen molar-refractivity contribution in [3.05, 3.63) is 29.8 Å². The number of nitrogens with one attached hydrogen (secondary N) is 1. The van der Waals surface area contributed by atoms with Crippen molar-refractivity contribution in [1.82, 2.24) is 10.2 Å². The zero-order valence-electron chi connectivity index (χ0n) is 14.8. The molecule has 1 fully saturated rings. The molecule has 1 atom stereocenters. The lowest BCUT2D eigenvalue weighted by Crippen LogP contribution is -2.54. The maximum absolute atomic E-state index is 12.4. The van der Waals surface area contributed by atoms with Gasteiger partial charge in [-0.05, 0) is 43.9 Å². The van der Waals surface area contributed by atoms with E-state index in [1.54, 1.807) is 7.11 Å². The lowest BCUT2D eigenvalue weighted by atomic mass is 9.88. The van der Waals surface area contributed by atoms with Crippen molar-refractivity contribution in [2.24, 2.45) is 5.92 Å². The highest BCUT2D eigenvalue weighted by atomic mass is 16.5. The summed E-state index contributed by atoms with van der Waals surface area (Å²) in [5, 5.41) is 12.5. The van der Waals surface area contributed by atoms with Crippen molar-refractivity contribution in [3.63, 3.8) is 0 Å². The van der Waals surface area contributed by atoms with Crippen molar-refractivity contribution in [2.75, 3.05) is 27.2 Å².